The summed E-state index contributed by atoms with van der Waals surface area (Å²) < 4.78 is 12.2. The van der Waals surface area contributed by atoms with Crippen molar-refractivity contribution in [2.75, 3.05) is 0 Å². The van der Waals surface area contributed by atoms with E-state index >= 15 is 0 Å². The highest BCUT2D eigenvalue weighted by atomic mass is 32.2. The third kappa shape index (κ3) is 3.41. The van der Waals surface area contributed by atoms with Gasteiger partial charge in [0.2, 0.25) is 0 Å². The normalized spacial score (nSPS) is 16.1. The average Bonchev–Trinajstić information content (AvgIpc) is 3.47. The molecule has 0 saturated heterocycles. The van der Waals surface area contributed by atoms with Crippen LogP contribution in [0.15, 0.2) is 49.9 Å². The highest BCUT2D eigenvalue weighted by Gasteiger charge is 2.24. The fourth-order valence-corrected chi connectivity index (χ4v) is 6.02. The lowest BCUT2D eigenvalue weighted by molar-refractivity contribution is 0.411. The lowest BCUT2D eigenvalue weighted by Crippen LogP contribution is -2.23. The number of thioether (sulfide) groups is 1. The molecule has 1 aliphatic carbocycles. The monoisotopic (exact) mass is 440 g/mol. The molecule has 4 aromatic heterocycles. The zero-order valence-corrected chi connectivity index (χ0v) is 18.1. The van der Waals surface area contributed by atoms with Crippen molar-refractivity contribution in [3.63, 3.8) is 0 Å². The minimum atomic E-state index is 0.0128. The summed E-state index contributed by atoms with van der Waals surface area (Å²) in [5.41, 5.74) is 1.21. The Morgan fingerprint density at radius 3 is 3.13 bits per heavy atom. The number of hydrogen-bond donors (Lipinski definition) is 0. The third-order valence-corrected chi connectivity index (χ3v) is 7.34. The number of furan rings is 1. The first-order valence-corrected chi connectivity index (χ1v) is 11.6. The Morgan fingerprint density at radius 2 is 2.33 bits per heavy atom. The van der Waals surface area contributed by atoms with Crippen LogP contribution in [0.3, 0.4) is 0 Å². The van der Waals surface area contributed by atoms with E-state index in [1.807, 2.05) is 0 Å². The molecule has 4 aromatic rings. The smallest absolute Gasteiger partial charge is 0.293 e. The third-order valence-electron chi connectivity index (χ3n) is 5.22. The summed E-state index contributed by atoms with van der Waals surface area (Å²) >= 11 is 3.08. The highest BCUT2D eigenvalue weighted by molar-refractivity contribution is 7.98. The predicted octanol–water partition coefficient (Wildman–Crippen LogP) is 4.70. The summed E-state index contributed by atoms with van der Waals surface area (Å²) in [7, 11) is 0. The number of allylic oxidation sites excluding steroid dienone is 1. The van der Waals surface area contributed by atoms with Crippen molar-refractivity contribution in [2.45, 2.75) is 43.6 Å². The van der Waals surface area contributed by atoms with Crippen molar-refractivity contribution in [1.29, 1.82) is 0 Å². The van der Waals surface area contributed by atoms with Crippen LogP contribution in [0.2, 0.25) is 0 Å². The summed E-state index contributed by atoms with van der Waals surface area (Å²) in [5.74, 6) is 2.46. The van der Waals surface area contributed by atoms with Gasteiger partial charge in [-0.2, -0.15) is 4.98 Å². The van der Waals surface area contributed by atoms with E-state index in [1.165, 1.54) is 22.2 Å². The zero-order chi connectivity index (χ0) is 20.7. The molecule has 1 unspecified atom stereocenters. The molecule has 1 aliphatic rings. The molecule has 4 heterocycles. The lowest BCUT2D eigenvalue weighted by atomic mass is 9.89. The molecule has 0 fully saturated rings. The molecule has 0 N–H and O–H groups in total. The van der Waals surface area contributed by atoms with E-state index in [2.05, 4.69) is 23.6 Å². The quantitative estimate of drug-likeness (QED) is 0.244. The Labute approximate surface area is 180 Å². The Morgan fingerprint density at radius 1 is 1.43 bits per heavy atom. The van der Waals surface area contributed by atoms with Crippen LogP contribution in [-0.2, 0) is 25.1 Å². The summed E-state index contributed by atoms with van der Waals surface area (Å²) in [4.78, 5) is 24.7. The molecule has 0 aliphatic heterocycles. The number of nitrogens with zero attached hydrogens (tertiary/aromatic N) is 4. The summed E-state index contributed by atoms with van der Waals surface area (Å²) in [6.07, 6.45) is 6.38. The fraction of sp³-hybridized carbons (Fsp3) is 0.333. The maximum Gasteiger partial charge on any atom is 0.293 e. The van der Waals surface area contributed by atoms with Crippen LogP contribution in [0.4, 0.5) is 0 Å². The van der Waals surface area contributed by atoms with Crippen LogP contribution in [0.1, 0.15) is 29.6 Å². The van der Waals surface area contributed by atoms with Gasteiger partial charge in [0.05, 0.1) is 17.4 Å². The van der Waals surface area contributed by atoms with Crippen LogP contribution >= 0.6 is 23.1 Å². The average molecular weight is 441 g/mol. The van der Waals surface area contributed by atoms with Gasteiger partial charge in [0.1, 0.15) is 4.83 Å². The van der Waals surface area contributed by atoms with Crippen molar-refractivity contribution in [3.8, 4) is 11.7 Å². The topological polar surface area (TPSA) is 86.9 Å². The number of rotatable bonds is 6. The van der Waals surface area contributed by atoms with Gasteiger partial charge in [-0.25, -0.2) is 4.98 Å². The second-order valence-electron chi connectivity index (χ2n) is 7.41. The van der Waals surface area contributed by atoms with E-state index in [9.17, 15) is 4.79 Å². The summed E-state index contributed by atoms with van der Waals surface area (Å²) in [6, 6.07) is 3.53. The molecule has 7 nitrogen and oxygen atoms in total. The van der Waals surface area contributed by atoms with Crippen molar-refractivity contribution >= 4 is 33.3 Å². The number of fused-ring (bicyclic) bond motifs is 3. The molecule has 30 heavy (non-hydrogen) atoms. The Kier molecular flexibility index (Phi) is 5.08. The SMILES string of the molecule is C=CCn1c(SCc2noc(-c3ccco3)n2)nc2sc3c(c2c1=O)CCC(C)C3. The molecule has 0 bridgehead atoms. The molecule has 1 atom stereocenters. The van der Waals surface area contributed by atoms with Gasteiger partial charge in [-0.05, 0) is 42.9 Å². The van der Waals surface area contributed by atoms with Gasteiger partial charge in [0.15, 0.2) is 16.7 Å². The van der Waals surface area contributed by atoms with Gasteiger partial charge in [0.25, 0.3) is 11.4 Å². The maximum atomic E-state index is 13.3. The molecular weight excluding hydrogens is 420 g/mol. The van der Waals surface area contributed by atoms with Crippen LogP contribution < -0.4 is 5.56 Å². The lowest BCUT2D eigenvalue weighted by Gasteiger charge is -2.17. The first kappa shape index (κ1) is 19.3. The Bertz CT molecular complexity index is 1270. The summed E-state index contributed by atoms with van der Waals surface area (Å²) in [5, 5.41) is 5.44. The molecule has 154 valence electrons. The Hall–Kier alpha value is -2.65. The number of aromatic nitrogens is 4. The highest BCUT2D eigenvalue weighted by Crippen LogP contribution is 2.36. The van der Waals surface area contributed by atoms with Crippen LogP contribution in [0.25, 0.3) is 21.9 Å². The minimum Gasteiger partial charge on any atom is -0.459 e. The van der Waals surface area contributed by atoms with E-state index in [-0.39, 0.29) is 5.56 Å². The van der Waals surface area contributed by atoms with Crippen molar-refractivity contribution in [2.24, 2.45) is 5.92 Å². The second kappa shape index (κ2) is 7.88. The molecule has 0 aromatic carbocycles. The molecule has 0 spiro atoms. The number of hydrogen-bond acceptors (Lipinski definition) is 8. The van der Waals surface area contributed by atoms with E-state index in [0.29, 0.717) is 40.8 Å². The molecule has 5 rings (SSSR count). The van der Waals surface area contributed by atoms with Gasteiger partial charge in [-0.3, -0.25) is 9.36 Å². The predicted molar refractivity (Wildman–Crippen MR) is 117 cm³/mol. The maximum absolute atomic E-state index is 13.3. The van der Waals surface area contributed by atoms with Crippen LogP contribution in [-0.4, -0.2) is 19.7 Å². The standard InChI is InChI=1S/C21H20N4O3S2/c1-3-8-25-20(26)17-13-7-6-12(2)10-15(13)30-19(17)23-21(25)29-11-16-22-18(28-24-16)14-5-4-9-27-14/h3-5,9,12H,1,6-8,10-11H2,2H3. The molecule has 0 saturated carbocycles. The molecule has 0 amide bonds. The first-order chi connectivity index (χ1) is 14.6. The fourth-order valence-electron chi connectivity index (χ4n) is 3.75. The molecule has 9 heteroatoms. The largest absolute Gasteiger partial charge is 0.459 e. The van der Waals surface area contributed by atoms with Gasteiger partial charge in [0, 0.05) is 11.4 Å². The molecule has 0 radical (unpaired) electrons. The first-order valence-electron chi connectivity index (χ1n) is 9.79. The van der Waals surface area contributed by atoms with E-state index < -0.39 is 0 Å². The number of thiophene rings is 1. The van der Waals surface area contributed by atoms with E-state index in [4.69, 9.17) is 13.9 Å². The van der Waals surface area contributed by atoms with Crippen molar-refractivity contribution in [3.05, 3.63) is 57.7 Å². The van der Waals surface area contributed by atoms with Gasteiger partial charge in [-0.1, -0.05) is 29.9 Å². The Balaban J connectivity index is 1.48. The summed E-state index contributed by atoms with van der Waals surface area (Å²) in [6.45, 7) is 6.48. The van der Waals surface area contributed by atoms with Gasteiger partial charge < -0.3 is 8.94 Å². The zero-order valence-electron chi connectivity index (χ0n) is 16.5. The van der Waals surface area contributed by atoms with Crippen LogP contribution in [0, 0.1) is 5.92 Å². The second-order valence-corrected chi connectivity index (χ2v) is 9.44. The van der Waals surface area contributed by atoms with Crippen LogP contribution in [0.5, 0.6) is 0 Å². The van der Waals surface area contributed by atoms with Crippen molar-refractivity contribution in [1.82, 2.24) is 19.7 Å². The molecular formula is C21H20N4O3S2. The number of aryl methyl sites for hydroxylation is 1. The van der Waals surface area contributed by atoms with Crippen molar-refractivity contribution < 1.29 is 8.94 Å². The van der Waals surface area contributed by atoms with Gasteiger partial charge in [-0.15, -0.1) is 17.9 Å². The minimum absolute atomic E-state index is 0.0128. The van der Waals surface area contributed by atoms with E-state index in [1.54, 1.807) is 40.4 Å². The van der Waals surface area contributed by atoms with Gasteiger partial charge >= 0.3 is 0 Å². The van der Waals surface area contributed by atoms with E-state index in [0.717, 1.165) is 29.5 Å².